The molecule has 0 fully saturated rings. The third kappa shape index (κ3) is 4.41. The molecule has 0 aliphatic heterocycles. The predicted molar refractivity (Wildman–Crippen MR) is 76.9 cm³/mol. The number of aromatic nitrogens is 2. The van der Waals surface area contributed by atoms with Crippen LogP contribution in [0.1, 0.15) is 23.6 Å². The molecule has 1 aromatic carbocycles. The summed E-state index contributed by atoms with van der Waals surface area (Å²) in [5.41, 5.74) is 1.54. The Kier molecular flexibility index (Phi) is 4.73. The van der Waals surface area contributed by atoms with Gasteiger partial charge in [-0.3, -0.25) is 4.18 Å². The van der Waals surface area contributed by atoms with Crippen LogP contribution in [0.25, 0.3) is 0 Å². The van der Waals surface area contributed by atoms with Crippen LogP contribution in [0.4, 0.5) is 0 Å². The smallest absolute Gasteiger partial charge is 0.264 e. The van der Waals surface area contributed by atoms with Crippen LogP contribution in [-0.2, 0) is 14.3 Å². The number of hydrogen-bond donors (Lipinski definition) is 0. The van der Waals surface area contributed by atoms with Crippen molar-refractivity contribution in [2.45, 2.75) is 12.5 Å². The van der Waals surface area contributed by atoms with Crippen molar-refractivity contribution >= 4 is 10.1 Å². The van der Waals surface area contributed by atoms with Crippen molar-refractivity contribution in [2.75, 3.05) is 12.9 Å². The highest BCUT2D eigenvalue weighted by Crippen LogP contribution is 2.22. The summed E-state index contributed by atoms with van der Waals surface area (Å²) in [7, 11) is -3.45. The first-order valence-corrected chi connectivity index (χ1v) is 8.13. The van der Waals surface area contributed by atoms with Crippen molar-refractivity contribution in [3.63, 3.8) is 0 Å². The van der Waals surface area contributed by atoms with Crippen LogP contribution >= 0.6 is 0 Å². The van der Waals surface area contributed by atoms with E-state index in [1.165, 1.54) is 0 Å². The van der Waals surface area contributed by atoms with Crippen molar-refractivity contribution < 1.29 is 12.6 Å². The first-order chi connectivity index (χ1) is 9.99. The normalized spacial score (nSPS) is 12.8. The maximum Gasteiger partial charge on any atom is 0.264 e. The number of imidazole rings is 1. The lowest BCUT2D eigenvalue weighted by Crippen LogP contribution is -2.14. The fourth-order valence-electron chi connectivity index (χ4n) is 2.03. The number of nitrogens with zero attached hydrogens (tertiary/aromatic N) is 3. The second kappa shape index (κ2) is 6.52. The molecule has 7 heteroatoms. The molecule has 1 unspecified atom stereocenters. The largest absolute Gasteiger partial charge is 0.330 e. The summed E-state index contributed by atoms with van der Waals surface area (Å²) >= 11 is 0. The van der Waals surface area contributed by atoms with Gasteiger partial charge in [-0.05, 0) is 24.1 Å². The molecule has 6 nitrogen and oxygen atoms in total. The molecule has 0 bridgehead atoms. The van der Waals surface area contributed by atoms with Gasteiger partial charge >= 0.3 is 0 Å². The summed E-state index contributed by atoms with van der Waals surface area (Å²) in [5, 5.41) is 8.83. The molecular weight excluding hydrogens is 290 g/mol. The summed E-state index contributed by atoms with van der Waals surface area (Å²) in [4.78, 5) is 4.01. The molecule has 0 radical (unpaired) electrons. The van der Waals surface area contributed by atoms with Crippen molar-refractivity contribution in [3.8, 4) is 6.07 Å². The van der Waals surface area contributed by atoms with E-state index in [-0.39, 0.29) is 12.6 Å². The molecule has 0 amide bonds. The average Bonchev–Trinajstić information content (AvgIpc) is 2.96. The Hall–Kier alpha value is -2.17. The lowest BCUT2D eigenvalue weighted by molar-refractivity contribution is 0.295. The van der Waals surface area contributed by atoms with Gasteiger partial charge < -0.3 is 4.57 Å². The Morgan fingerprint density at radius 2 is 2.10 bits per heavy atom. The van der Waals surface area contributed by atoms with Crippen LogP contribution < -0.4 is 0 Å². The summed E-state index contributed by atoms with van der Waals surface area (Å²) < 4.78 is 28.8. The van der Waals surface area contributed by atoms with E-state index >= 15 is 0 Å². The van der Waals surface area contributed by atoms with E-state index in [9.17, 15) is 8.42 Å². The van der Waals surface area contributed by atoms with Crippen molar-refractivity contribution in [1.29, 1.82) is 5.26 Å². The molecule has 1 heterocycles. The minimum absolute atomic E-state index is 0.0850. The summed E-state index contributed by atoms with van der Waals surface area (Å²) in [6.45, 7) is 0.0850. The first kappa shape index (κ1) is 15.2. The Labute approximate surface area is 123 Å². The Bertz CT molecular complexity index is 716. The van der Waals surface area contributed by atoms with Crippen LogP contribution in [0, 0.1) is 11.3 Å². The molecule has 21 heavy (non-hydrogen) atoms. The molecule has 1 aromatic heterocycles. The molecule has 2 aromatic rings. The van der Waals surface area contributed by atoms with Crippen LogP contribution in [0.5, 0.6) is 0 Å². The van der Waals surface area contributed by atoms with E-state index < -0.39 is 10.1 Å². The van der Waals surface area contributed by atoms with E-state index in [0.29, 0.717) is 12.0 Å². The first-order valence-electron chi connectivity index (χ1n) is 6.31. The van der Waals surface area contributed by atoms with Crippen LogP contribution in [0.3, 0.4) is 0 Å². The maximum absolute atomic E-state index is 11.0. The van der Waals surface area contributed by atoms with E-state index in [0.717, 1.165) is 11.8 Å². The molecule has 2 rings (SSSR count). The summed E-state index contributed by atoms with van der Waals surface area (Å²) in [5.74, 6) is 0. The molecular formula is C14H15N3O3S. The molecule has 0 spiro atoms. The third-order valence-corrected chi connectivity index (χ3v) is 3.59. The van der Waals surface area contributed by atoms with Crippen molar-refractivity contribution in [2.24, 2.45) is 0 Å². The minimum atomic E-state index is -3.45. The summed E-state index contributed by atoms with van der Waals surface area (Å²) in [6.07, 6.45) is 6.65. The quantitative estimate of drug-likeness (QED) is 0.758. The van der Waals surface area contributed by atoms with E-state index in [2.05, 4.69) is 11.1 Å². The topological polar surface area (TPSA) is 85.0 Å². The highest BCUT2D eigenvalue weighted by molar-refractivity contribution is 7.85. The zero-order chi connectivity index (χ0) is 15.3. The molecule has 0 N–H and O–H groups in total. The van der Waals surface area contributed by atoms with Crippen LogP contribution in [0.15, 0.2) is 43.0 Å². The molecule has 1 atom stereocenters. The molecule has 110 valence electrons. The van der Waals surface area contributed by atoms with Gasteiger partial charge in [0.15, 0.2) is 0 Å². The SMILES string of the molecule is CS(=O)(=O)OCCC(c1ccc(C#N)cc1)n1ccnc1. The Morgan fingerprint density at radius 3 is 2.62 bits per heavy atom. The average molecular weight is 305 g/mol. The minimum Gasteiger partial charge on any atom is -0.330 e. The van der Waals surface area contributed by atoms with Gasteiger partial charge in [0.1, 0.15) is 0 Å². The second-order valence-electron chi connectivity index (χ2n) is 4.57. The van der Waals surface area contributed by atoms with Crippen molar-refractivity contribution in [3.05, 3.63) is 54.1 Å². The fraction of sp³-hybridized carbons (Fsp3) is 0.286. The van der Waals surface area contributed by atoms with Gasteiger partial charge in [-0.25, -0.2) is 4.98 Å². The summed E-state index contributed by atoms with van der Waals surface area (Å²) in [6, 6.07) is 9.14. The second-order valence-corrected chi connectivity index (χ2v) is 6.22. The zero-order valence-corrected chi connectivity index (χ0v) is 12.3. The Balaban J connectivity index is 2.18. The standard InChI is InChI=1S/C14H15N3O3S/c1-21(18,19)20-9-6-14(17-8-7-16-11-17)13-4-2-12(10-15)3-5-13/h2-5,7-8,11,14H,6,9H2,1H3. The Morgan fingerprint density at radius 1 is 1.38 bits per heavy atom. The highest BCUT2D eigenvalue weighted by atomic mass is 32.2. The van der Waals surface area contributed by atoms with Gasteiger partial charge in [-0.15, -0.1) is 0 Å². The van der Waals surface area contributed by atoms with E-state index in [1.54, 1.807) is 24.7 Å². The van der Waals surface area contributed by atoms with Gasteiger partial charge in [0.25, 0.3) is 10.1 Å². The monoisotopic (exact) mass is 305 g/mol. The fourth-order valence-corrected chi connectivity index (χ4v) is 2.43. The molecule has 0 aliphatic rings. The third-order valence-electron chi connectivity index (χ3n) is 3.00. The number of rotatable bonds is 6. The number of nitriles is 1. The molecule has 0 aliphatic carbocycles. The van der Waals surface area contributed by atoms with Gasteiger partial charge in [-0.2, -0.15) is 13.7 Å². The molecule has 0 saturated carbocycles. The number of benzene rings is 1. The van der Waals surface area contributed by atoms with E-state index in [1.807, 2.05) is 22.9 Å². The lowest BCUT2D eigenvalue weighted by Gasteiger charge is -2.18. The predicted octanol–water partition coefficient (Wildman–Crippen LogP) is 1.71. The zero-order valence-electron chi connectivity index (χ0n) is 11.5. The van der Waals surface area contributed by atoms with Crippen molar-refractivity contribution in [1.82, 2.24) is 9.55 Å². The highest BCUT2D eigenvalue weighted by Gasteiger charge is 2.14. The van der Waals surface area contributed by atoms with Crippen LogP contribution in [0.2, 0.25) is 0 Å². The van der Waals surface area contributed by atoms with Gasteiger partial charge in [-0.1, -0.05) is 12.1 Å². The maximum atomic E-state index is 11.0. The van der Waals surface area contributed by atoms with E-state index in [4.69, 9.17) is 9.44 Å². The van der Waals surface area contributed by atoms with Crippen LogP contribution in [-0.4, -0.2) is 30.8 Å². The number of hydrogen-bond acceptors (Lipinski definition) is 5. The molecule has 0 saturated heterocycles. The van der Waals surface area contributed by atoms with Gasteiger partial charge in [0, 0.05) is 12.4 Å². The lowest BCUT2D eigenvalue weighted by atomic mass is 10.0. The van der Waals surface area contributed by atoms with Gasteiger partial charge in [0.05, 0.1) is 36.9 Å². The van der Waals surface area contributed by atoms with Gasteiger partial charge in [0.2, 0.25) is 0 Å².